The maximum atomic E-state index is 4.48. The molecule has 2 rings (SSSR count). The van der Waals surface area contributed by atoms with Gasteiger partial charge in [0, 0.05) is 17.8 Å². The van der Waals surface area contributed by atoms with Gasteiger partial charge in [0.05, 0.1) is 0 Å². The molecule has 1 aromatic heterocycles. The van der Waals surface area contributed by atoms with E-state index in [9.17, 15) is 0 Å². The SMILES string of the molecule is CCNc1nc(C)nc(Nc2cccc(C)c2)c1C. The highest BCUT2D eigenvalue weighted by molar-refractivity contribution is 5.65. The zero-order valence-corrected chi connectivity index (χ0v) is 11.9. The Morgan fingerprint density at radius 1 is 1.05 bits per heavy atom. The third-order valence-corrected chi connectivity index (χ3v) is 2.88. The van der Waals surface area contributed by atoms with Crippen LogP contribution in [0.15, 0.2) is 24.3 Å². The number of rotatable bonds is 4. The van der Waals surface area contributed by atoms with E-state index in [0.29, 0.717) is 0 Å². The van der Waals surface area contributed by atoms with E-state index in [-0.39, 0.29) is 0 Å². The molecule has 0 spiro atoms. The molecule has 0 aliphatic heterocycles. The van der Waals surface area contributed by atoms with Crippen LogP contribution in [0.1, 0.15) is 23.9 Å². The highest BCUT2D eigenvalue weighted by Crippen LogP contribution is 2.23. The Morgan fingerprint density at radius 3 is 2.47 bits per heavy atom. The van der Waals surface area contributed by atoms with Crippen LogP contribution in [0.4, 0.5) is 17.3 Å². The van der Waals surface area contributed by atoms with Gasteiger partial charge in [-0.2, -0.15) is 0 Å². The van der Waals surface area contributed by atoms with Crippen LogP contribution in [0.25, 0.3) is 0 Å². The molecule has 2 aromatic rings. The number of anilines is 3. The van der Waals surface area contributed by atoms with Gasteiger partial charge in [-0.15, -0.1) is 0 Å². The van der Waals surface area contributed by atoms with E-state index in [1.54, 1.807) is 0 Å². The minimum absolute atomic E-state index is 0.761. The molecule has 0 saturated carbocycles. The summed E-state index contributed by atoms with van der Waals surface area (Å²) in [6, 6.07) is 8.25. The highest BCUT2D eigenvalue weighted by atomic mass is 15.1. The van der Waals surface area contributed by atoms with Crippen molar-refractivity contribution in [1.82, 2.24) is 9.97 Å². The van der Waals surface area contributed by atoms with Gasteiger partial charge in [-0.3, -0.25) is 0 Å². The van der Waals surface area contributed by atoms with Gasteiger partial charge < -0.3 is 10.6 Å². The quantitative estimate of drug-likeness (QED) is 0.878. The molecule has 0 fully saturated rings. The third-order valence-electron chi connectivity index (χ3n) is 2.88. The zero-order valence-electron chi connectivity index (χ0n) is 11.9. The second-order valence-electron chi connectivity index (χ2n) is 4.62. The Labute approximate surface area is 114 Å². The van der Waals surface area contributed by atoms with Gasteiger partial charge in [0.25, 0.3) is 0 Å². The molecular formula is C15H20N4. The van der Waals surface area contributed by atoms with Crippen LogP contribution in [-0.2, 0) is 0 Å². The maximum absolute atomic E-state index is 4.48. The largest absolute Gasteiger partial charge is 0.370 e. The van der Waals surface area contributed by atoms with Crippen molar-refractivity contribution in [2.45, 2.75) is 27.7 Å². The number of hydrogen-bond donors (Lipinski definition) is 2. The van der Waals surface area contributed by atoms with E-state index in [0.717, 1.165) is 35.3 Å². The van der Waals surface area contributed by atoms with Crippen LogP contribution < -0.4 is 10.6 Å². The number of aromatic nitrogens is 2. The van der Waals surface area contributed by atoms with Crippen molar-refractivity contribution in [3.63, 3.8) is 0 Å². The van der Waals surface area contributed by atoms with Gasteiger partial charge >= 0.3 is 0 Å². The van der Waals surface area contributed by atoms with Gasteiger partial charge in [0.2, 0.25) is 0 Å². The van der Waals surface area contributed by atoms with Crippen molar-refractivity contribution < 1.29 is 0 Å². The lowest BCUT2D eigenvalue weighted by atomic mass is 10.2. The van der Waals surface area contributed by atoms with Crippen molar-refractivity contribution in [3.05, 3.63) is 41.2 Å². The van der Waals surface area contributed by atoms with Gasteiger partial charge in [-0.1, -0.05) is 12.1 Å². The second-order valence-corrected chi connectivity index (χ2v) is 4.62. The van der Waals surface area contributed by atoms with Crippen LogP contribution in [-0.4, -0.2) is 16.5 Å². The molecule has 0 aliphatic carbocycles. The van der Waals surface area contributed by atoms with Crippen LogP contribution in [0.3, 0.4) is 0 Å². The lowest BCUT2D eigenvalue weighted by Gasteiger charge is -2.13. The summed E-state index contributed by atoms with van der Waals surface area (Å²) in [4.78, 5) is 8.90. The molecule has 100 valence electrons. The highest BCUT2D eigenvalue weighted by Gasteiger charge is 2.08. The number of benzene rings is 1. The molecule has 0 radical (unpaired) electrons. The molecular weight excluding hydrogens is 236 g/mol. The second kappa shape index (κ2) is 5.69. The molecule has 0 unspecified atom stereocenters. The number of aryl methyl sites for hydroxylation is 2. The molecule has 2 N–H and O–H groups in total. The third kappa shape index (κ3) is 3.22. The minimum Gasteiger partial charge on any atom is -0.370 e. The summed E-state index contributed by atoms with van der Waals surface area (Å²) in [5.74, 6) is 2.51. The summed E-state index contributed by atoms with van der Waals surface area (Å²) in [7, 11) is 0. The minimum atomic E-state index is 0.761. The monoisotopic (exact) mass is 256 g/mol. The molecule has 4 heteroatoms. The lowest BCUT2D eigenvalue weighted by molar-refractivity contribution is 1.02. The Kier molecular flexibility index (Phi) is 4.00. The van der Waals surface area contributed by atoms with E-state index in [4.69, 9.17) is 0 Å². The summed E-state index contributed by atoms with van der Waals surface area (Å²) in [5.41, 5.74) is 3.30. The van der Waals surface area contributed by atoms with E-state index in [1.807, 2.05) is 26.0 Å². The average molecular weight is 256 g/mol. The zero-order chi connectivity index (χ0) is 13.8. The van der Waals surface area contributed by atoms with Crippen LogP contribution in [0, 0.1) is 20.8 Å². The lowest BCUT2D eigenvalue weighted by Crippen LogP contribution is -2.07. The van der Waals surface area contributed by atoms with Crippen molar-refractivity contribution in [3.8, 4) is 0 Å². The molecule has 19 heavy (non-hydrogen) atoms. The molecule has 1 aromatic carbocycles. The summed E-state index contributed by atoms with van der Waals surface area (Å²) >= 11 is 0. The van der Waals surface area contributed by atoms with E-state index in [1.165, 1.54) is 5.56 Å². The normalized spacial score (nSPS) is 10.3. The Morgan fingerprint density at radius 2 is 1.79 bits per heavy atom. The van der Waals surface area contributed by atoms with Gasteiger partial charge in [-0.25, -0.2) is 9.97 Å². The summed E-state index contributed by atoms with van der Waals surface area (Å²) in [6.45, 7) is 8.91. The van der Waals surface area contributed by atoms with Gasteiger partial charge in [0.1, 0.15) is 17.5 Å². The van der Waals surface area contributed by atoms with Crippen molar-refractivity contribution in [2.24, 2.45) is 0 Å². The van der Waals surface area contributed by atoms with E-state index in [2.05, 4.69) is 46.6 Å². The first-order valence-electron chi connectivity index (χ1n) is 6.53. The molecule has 1 heterocycles. The fourth-order valence-corrected chi connectivity index (χ4v) is 1.95. The molecule has 0 bridgehead atoms. The summed E-state index contributed by atoms with van der Waals surface area (Å²) < 4.78 is 0. The van der Waals surface area contributed by atoms with E-state index >= 15 is 0 Å². The van der Waals surface area contributed by atoms with Gasteiger partial charge in [0.15, 0.2) is 0 Å². The summed E-state index contributed by atoms with van der Waals surface area (Å²) in [6.07, 6.45) is 0. The molecule has 0 aliphatic rings. The Bertz CT molecular complexity index is 578. The number of hydrogen-bond acceptors (Lipinski definition) is 4. The topological polar surface area (TPSA) is 49.8 Å². The van der Waals surface area contributed by atoms with Crippen LogP contribution >= 0.6 is 0 Å². The van der Waals surface area contributed by atoms with E-state index < -0.39 is 0 Å². The molecule has 0 amide bonds. The Balaban J connectivity index is 2.34. The maximum Gasteiger partial charge on any atom is 0.139 e. The first-order valence-corrected chi connectivity index (χ1v) is 6.53. The Hall–Kier alpha value is -2.10. The van der Waals surface area contributed by atoms with Crippen molar-refractivity contribution in [2.75, 3.05) is 17.2 Å². The predicted molar refractivity (Wildman–Crippen MR) is 80.1 cm³/mol. The molecule has 0 atom stereocenters. The molecule has 0 saturated heterocycles. The summed E-state index contributed by atoms with van der Waals surface area (Å²) in [5, 5.41) is 6.62. The first-order chi connectivity index (χ1) is 9.10. The smallest absolute Gasteiger partial charge is 0.139 e. The molecule has 4 nitrogen and oxygen atoms in total. The van der Waals surface area contributed by atoms with Crippen molar-refractivity contribution >= 4 is 17.3 Å². The van der Waals surface area contributed by atoms with Crippen molar-refractivity contribution in [1.29, 1.82) is 0 Å². The predicted octanol–water partition coefficient (Wildman–Crippen LogP) is 3.58. The fourth-order valence-electron chi connectivity index (χ4n) is 1.95. The van der Waals surface area contributed by atoms with Gasteiger partial charge in [-0.05, 0) is 45.4 Å². The number of nitrogens with one attached hydrogen (secondary N) is 2. The van der Waals surface area contributed by atoms with Crippen LogP contribution in [0.5, 0.6) is 0 Å². The fraction of sp³-hybridized carbons (Fsp3) is 0.333. The standard InChI is InChI=1S/C15H20N4/c1-5-16-14-11(3)15(18-12(4)17-14)19-13-8-6-7-10(2)9-13/h6-9H,5H2,1-4H3,(H2,16,17,18,19). The van der Waals surface area contributed by atoms with Crippen LogP contribution in [0.2, 0.25) is 0 Å². The first kappa shape index (κ1) is 13.3. The number of nitrogens with zero attached hydrogens (tertiary/aromatic N) is 2. The average Bonchev–Trinajstić information content (AvgIpc) is 2.35.